The maximum atomic E-state index is 3.86. The van der Waals surface area contributed by atoms with E-state index in [0.717, 1.165) is 15.9 Å². The van der Waals surface area contributed by atoms with Crippen molar-refractivity contribution in [1.82, 2.24) is 0 Å². The smallest absolute Gasteiger partial charge is 0.0384 e. The van der Waals surface area contributed by atoms with Crippen molar-refractivity contribution in [2.24, 2.45) is 0 Å². The fourth-order valence-electron chi connectivity index (χ4n) is 0.940. The highest BCUT2D eigenvalue weighted by Crippen LogP contribution is 2.10. The zero-order valence-corrected chi connectivity index (χ0v) is 9.42. The summed E-state index contributed by atoms with van der Waals surface area (Å²) in [4.78, 5) is 0. The molecule has 72 valence electrons. The first kappa shape index (κ1) is 10.8. The lowest BCUT2D eigenvalue weighted by atomic mass is 10.3. The summed E-state index contributed by atoms with van der Waals surface area (Å²) in [7, 11) is 0. The van der Waals surface area contributed by atoms with Crippen LogP contribution in [0.5, 0.6) is 0 Å². The van der Waals surface area contributed by atoms with Crippen LogP contribution in [0.3, 0.4) is 0 Å². The van der Waals surface area contributed by atoms with Crippen LogP contribution in [0, 0.1) is 0 Å². The molecule has 0 atom stereocenters. The van der Waals surface area contributed by atoms with Gasteiger partial charge in [-0.1, -0.05) is 47.3 Å². The predicted octanol–water partition coefficient (Wildman–Crippen LogP) is 4.08. The lowest BCUT2D eigenvalue weighted by molar-refractivity contribution is 1.49. The summed E-state index contributed by atoms with van der Waals surface area (Å²) < 4.78 is 0.827. The molecule has 1 aromatic rings. The van der Waals surface area contributed by atoms with E-state index in [-0.39, 0.29) is 0 Å². The lowest BCUT2D eigenvalue weighted by Crippen LogP contribution is -1.93. The molecule has 1 rings (SSSR count). The number of para-hydroxylation sites is 1. The topological polar surface area (TPSA) is 12.0 Å². The molecule has 0 aliphatic heterocycles. The van der Waals surface area contributed by atoms with Gasteiger partial charge in [-0.15, -0.1) is 0 Å². The van der Waals surface area contributed by atoms with Gasteiger partial charge in [-0.2, -0.15) is 0 Å². The van der Waals surface area contributed by atoms with Crippen LogP contribution in [0.15, 0.2) is 65.8 Å². The Bertz CT molecular complexity index is 352. The van der Waals surface area contributed by atoms with Crippen molar-refractivity contribution < 1.29 is 0 Å². The van der Waals surface area contributed by atoms with Crippen LogP contribution in [0.25, 0.3) is 0 Å². The van der Waals surface area contributed by atoms with Crippen LogP contribution >= 0.6 is 15.9 Å². The molecule has 1 aromatic carbocycles. The Kier molecular flexibility index (Phi) is 4.20. The van der Waals surface area contributed by atoms with Gasteiger partial charge in [0.05, 0.1) is 0 Å². The largest absolute Gasteiger partial charge is 0.356 e. The van der Waals surface area contributed by atoms with E-state index in [2.05, 4.69) is 34.4 Å². The Balaban J connectivity index is 2.54. The van der Waals surface area contributed by atoms with E-state index in [1.54, 1.807) is 0 Å². The number of anilines is 1. The van der Waals surface area contributed by atoms with Gasteiger partial charge in [0.25, 0.3) is 0 Å². The number of nitrogens with one attached hydrogen (secondary N) is 1. The third-order valence-electron chi connectivity index (χ3n) is 1.54. The summed E-state index contributed by atoms with van der Waals surface area (Å²) in [5.41, 5.74) is 1.86. The average Bonchev–Trinajstić information content (AvgIpc) is 2.16. The van der Waals surface area contributed by atoms with Gasteiger partial charge in [-0.25, -0.2) is 0 Å². The van der Waals surface area contributed by atoms with Gasteiger partial charge in [-0.3, -0.25) is 0 Å². The molecule has 0 unspecified atom stereocenters. The molecule has 1 nitrogen and oxygen atoms in total. The van der Waals surface area contributed by atoms with Crippen molar-refractivity contribution >= 4 is 21.6 Å². The van der Waals surface area contributed by atoms with E-state index in [0.29, 0.717) is 0 Å². The quantitative estimate of drug-likeness (QED) is 0.794. The molecular weight excluding hydrogens is 238 g/mol. The summed E-state index contributed by atoms with van der Waals surface area (Å²) in [6.07, 6.45) is 3.71. The van der Waals surface area contributed by atoms with Gasteiger partial charge in [0.2, 0.25) is 0 Å². The maximum absolute atomic E-state index is 3.86. The third kappa shape index (κ3) is 4.10. The first-order chi connectivity index (χ1) is 6.68. The van der Waals surface area contributed by atoms with Gasteiger partial charge >= 0.3 is 0 Å². The molecular formula is C12H12BrN. The van der Waals surface area contributed by atoms with Crippen LogP contribution < -0.4 is 5.32 Å². The molecule has 0 amide bonds. The van der Waals surface area contributed by atoms with Gasteiger partial charge < -0.3 is 5.32 Å². The Morgan fingerprint density at radius 1 is 1.14 bits per heavy atom. The van der Waals surface area contributed by atoms with Crippen LogP contribution in [0.4, 0.5) is 5.69 Å². The second-order valence-electron chi connectivity index (χ2n) is 2.80. The molecule has 2 heteroatoms. The Morgan fingerprint density at radius 3 is 2.36 bits per heavy atom. The fraction of sp³-hybridized carbons (Fsp3) is 0. The molecule has 0 fully saturated rings. The molecule has 0 saturated carbocycles. The highest BCUT2D eigenvalue weighted by atomic mass is 79.9. The van der Waals surface area contributed by atoms with E-state index in [9.17, 15) is 0 Å². The maximum Gasteiger partial charge on any atom is 0.0384 e. The van der Waals surface area contributed by atoms with Crippen molar-refractivity contribution in [3.8, 4) is 0 Å². The second kappa shape index (κ2) is 5.45. The lowest BCUT2D eigenvalue weighted by Gasteiger charge is -2.04. The Labute approximate surface area is 93.0 Å². The highest BCUT2D eigenvalue weighted by molar-refractivity contribution is 9.11. The van der Waals surface area contributed by atoms with E-state index in [1.165, 1.54) is 0 Å². The van der Waals surface area contributed by atoms with Crippen LogP contribution in [-0.2, 0) is 0 Å². The number of hydrogen-bond acceptors (Lipinski definition) is 1. The zero-order chi connectivity index (χ0) is 10.4. The van der Waals surface area contributed by atoms with Gasteiger partial charge in [0, 0.05) is 15.9 Å². The highest BCUT2D eigenvalue weighted by Gasteiger charge is 1.89. The first-order valence-corrected chi connectivity index (χ1v) is 5.01. The SMILES string of the molecule is C=C(Br)/C=C\C(=C)Nc1ccccc1. The van der Waals surface area contributed by atoms with E-state index in [4.69, 9.17) is 0 Å². The number of benzene rings is 1. The van der Waals surface area contributed by atoms with Gasteiger partial charge in [0.1, 0.15) is 0 Å². The number of rotatable bonds is 4. The predicted molar refractivity (Wildman–Crippen MR) is 66.4 cm³/mol. The summed E-state index contributed by atoms with van der Waals surface area (Å²) in [6.45, 7) is 7.56. The fourth-order valence-corrected chi connectivity index (χ4v) is 1.07. The molecule has 14 heavy (non-hydrogen) atoms. The van der Waals surface area contributed by atoms with Gasteiger partial charge in [0.15, 0.2) is 0 Å². The minimum atomic E-state index is 0.827. The molecule has 0 bridgehead atoms. The van der Waals surface area contributed by atoms with Crippen molar-refractivity contribution in [2.45, 2.75) is 0 Å². The van der Waals surface area contributed by atoms with E-state index in [1.807, 2.05) is 42.5 Å². The molecule has 0 aromatic heterocycles. The van der Waals surface area contributed by atoms with Crippen molar-refractivity contribution in [3.05, 3.63) is 65.8 Å². The monoisotopic (exact) mass is 249 g/mol. The first-order valence-electron chi connectivity index (χ1n) is 4.22. The Hall–Kier alpha value is -1.28. The van der Waals surface area contributed by atoms with Gasteiger partial charge in [-0.05, 0) is 24.3 Å². The molecule has 0 aliphatic rings. The minimum Gasteiger partial charge on any atom is -0.356 e. The number of hydrogen-bond donors (Lipinski definition) is 1. The molecule has 0 radical (unpaired) electrons. The molecule has 0 aliphatic carbocycles. The standard InChI is InChI=1S/C12H12BrN/c1-10(13)8-9-11(2)14-12-6-4-3-5-7-12/h3-9,14H,1-2H2/b9-8-. The molecule has 0 spiro atoms. The van der Waals surface area contributed by atoms with Crippen molar-refractivity contribution in [1.29, 1.82) is 0 Å². The summed E-state index contributed by atoms with van der Waals surface area (Å²) in [6, 6.07) is 9.90. The normalized spacial score (nSPS) is 10.1. The summed E-state index contributed by atoms with van der Waals surface area (Å²) in [5, 5.41) is 3.15. The van der Waals surface area contributed by atoms with Crippen LogP contribution in [-0.4, -0.2) is 0 Å². The molecule has 0 heterocycles. The number of halogens is 1. The summed E-state index contributed by atoms with van der Waals surface area (Å²) in [5.74, 6) is 0. The van der Waals surface area contributed by atoms with Crippen LogP contribution in [0.2, 0.25) is 0 Å². The molecule has 1 N–H and O–H groups in total. The second-order valence-corrected chi connectivity index (χ2v) is 3.82. The molecule has 0 saturated heterocycles. The third-order valence-corrected chi connectivity index (χ3v) is 1.81. The van der Waals surface area contributed by atoms with Crippen LogP contribution in [0.1, 0.15) is 0 Å². The minimum absolute atomic E-state index is 0.827. The van der Waals surface area contributed by atoms with E-state index >= 15 is 0 Å². The zero-order valence-electron chi connectivity index (χ0n) is 7.83. The van der Waals surface area contributed by atoms with Crippen molar-refractivity contribution in [3.63, 3.8) is 0 Å². The van der Waals surface area contributed by atoms with E-state index < -0.39 is 0 Å². The van der Waals surface area contributed by atoms with Crippen molar-refractivity contribution in [2.75, 3.05) is 5.32 Å². The average molecular weight is 250 g/mol. The summed E-state index contributed by atoms with van der Waals surface area (Å²) >= 11 is 3.24. The Morgan fingerprint density at radius 2 is 1.79 bits per heavy atom. The number of allylic oxidation sites excluding steroid dienone is 3.